The first-order chi connectivity index (χ1) is 13.4. The van der Waals surface area contributed by atoms with Gasteiger partial charge in [-0.15, -0.1) is 11.3 Å². The summed E-state index contributed by atoms with van der Waals surface area (Å²) in [6, 6.07) is 10.8. The Bertz CT molecular complexity index is 1320. The third-order valence-electron chi connectivity index (χ3n) is 4.24. The van der Waals surface area contributed by atoms with Crippen molar-refractivity contribution in [2.24, 2.45) is 4.99 Å². The quantitative estimate of drug-likeness (QED) is 0.399. The first-order valence-electron chi connectivity index (χ1n) is 7.92. The molecule has 0 radical (unpaired) electrons. The lowest BCUT2D eigenvalue weighted by molar-refractivity contribution is -0.385. The highest BCUT2D eigenvalue weighted by molar-refractivity contribution is 7.73. The smallest absolute Gasteiger partial charge is 0.279 e. The molecule has 1 aliphatic rings. The van der Waals surface area contributed by atoms with Gasteiger partial charge in [0, 0.05) is 17.4 Å². The van der Waals surface area contributed by atoms with E-state index >= 15 is 0 Å². The molecule has 0 saturated heterocycles. The van der Waals surface area contributed by atoms with Gasteiger partial charge in [-0.1, -0.05) is 0 Å². The average molecular weight is 413 g/mol. The van der Waals surface area contributed by atoms with E-state index in [0.717, 1.165) is 11.3 Å². The second-order valence-corrected chi connectivity index (χ2v) is 7.45. The summed E-state index contributed by atoms with van der Waals surface area (Å²) in [4.78, 5) is 27.1. The highest BCUT2D eigenvalue weighted by Gasteiger charge is 2.26. The van der Waals surface area contributed by atoms with Gasteiger partial charge in [0.1, 0.15) is 10.6 Å². The molecule has 10 heteroatoms. The van der Waals surface area contributed by atoms with E-state index in [9.17, 15) is 20.0 Å². The van der Waals surface area contributed by atoms with Crippen LogP contribution in [0.2, 0.25) is 0 Å². The van der Waals surface area contributed by atoms with Crippen LogP contribution in [0.15, 0.2) is 47.5 Å². The molecule has 28 heavy (non-hydrogen) atoms. The Morgan fingerprint density at radius 2 is 1.96 bits per heavy atom. The number of amides is 1. The largest absolute Gasteiger partial charge is 0.497 e. The number of ether oxygens (including phenoxy) is 1. The van der Waals surface area contributed by atoms with Gasteiger partial charge >= 0.3 is 0 Å². The normalized spacial score (nSPS) is 12.6. The lowest BCUT2D eigenvalue weighted by Crippen LogP contribution is -2.23. The maximum atomic E-state index is 12.5. The molecule has 0 atom stereocenters. The zero-order valence-corrected chi connectivity index (χ0v) is 15.9. The van der Waals surface area contributed by atoms with Crippen molar-refractivity contribution in [2.45, 2.75) is 0 Å². The van der Waals surface area contributed by atoms with Gasteiger partial charge in [-0.3, -0.25) is 19.5 Å². The SMILES string of the molecule is COc1ccc(-n2c(O)c(C3=c4cc([N+](=O)[O-])ccc4=NC3=O)sc2=S)cc1. The molecule has 1 aromatic heterocycles. The number of fused-ring (bicyclic) bond motifs is 1. The van der Waals surface area contributed by atoms with Crippen LogP contribution in [0.5, 0.6) is 11.6 Å². The number of non-ortho nitro benzene ring substituents is 1. The van der Waals surface area contributed by atoms with Gasteiger partial charge in [0.25, 0.3) is 11.6 Å². The summed E-state index contributed by atoms with van der Waals surface area (Å²) in [5.74, 6) is -0.160. The number of carbonyl (C=O) groups is 1. The Morgan fingerprint density at radius 3 is 2.61 bits per heavy atom. The van der Waals surface area contributed by atoms with E-state index in [1.165, 1.54) is 22.8 Å². The first kappa shape index (κ1) is 18.0. The predicted molar refractivity (Wildman–Crippen MR) is 104 cm³/mol. The second kappa shape index (κ2) is 6.66. The van der Waals surface area contributed by atoms with Gasteiger partial charge in [-0.25, -0.2) is 4.99 Å². The van der Waals surface area contributed by atoms with Gasteiger partial charge in [0.2, 0.25) is 5.88 Å². The summed E-state index contributed by atoms with van der Waals surface area (Å²) < 4.78 is 6.86. The Balaban J connectivity index is 1.95. The van der Waals surface area contributed by atoms with Gasteiger partial charge in [0.05, 0.1) is 28.7 Å². The van der Waals surface area contributed by atoms with Crippen LogP contribution >= 0.6 is 23.6 Å². The number of carbonyl (C=O) groups excluding carboxylic acids is 1. The molecule has 140 valence electrons. The van der Waals surface area contributed by atoms with Crippen molar-refractivity contribution in [3.63, 3.8) is 0 Å². The Labute approximate surface area is 166 Å². The maximum Gasteiger partial charge on any atom is 0.279 e. The molecule has 4 rings (SSSR count). The van der Waals surface area contributed by atoms with E-state index in [0.29, 0.717) is 26.0 Å². The zero-order chi connectivity index (χ0) is 20.0. The number of nitrogens with zero attached hydrogens (tertiary/aromatic N) is 3. The third kappa shape index (κ3) is 2.79. The van der Waals surface area contributed by atoms with Crippen molar-refractivity contribution < 1.29 is 19.6 Å². The topological polar surface area (TPSA) is 107 Å². The number of nitro groups is 1. The minimum atomic E-state index is -0.580. The van der Waals surface area contributed by atoms with Crippen molar-refractivity contribution in [1.29, 1.82) is 0 Å². The molecule has 0 aliphatic carbocycles. The molecule has 2 aromatic carbocycles. The zero-order valence-electron chi connectivity index (χ0n) is 14.3. The summed E-state index contributed by atoms with van der Waals surface area (Å²) in [7, 11) is 1.54. The summed E-state index contributed by atoms with van der Waals surface area (Å²) in [6.07, 6.45) is 0. The van der Waals surface area contributed by atoms with Gasteiger partial charge in [-0.05, 0) is 42.5 Å². The van der Waals surface area contributed by atoms with Crippen molar-refractivity contribution in [1.82, 2.24) is 4.57 Å². The summed E-state index contributed by atoms with van der Waals surface area (Å²) in [5.41, 5.74) is 0.520. The molecule has 0 fully saturated rings. The fourth-order valence-corrected chi connectivity index (χ4v) is 4.31. The summed E-state index contributed by atoms with van der Waals surface area (Å²) in [6.45, 7) is 0. The second-order valence-electron chi connectivity index (χ2n) is 5.80. The van der Waals surface area contributed by atoms with Gasteiger partial charge < -0.3 is 9.84 Å². The number of thiazole rings is 1. The van der Waals surface area contributed by atoms with Gasteiger partial charge in [0.15, 0.2) is 3.95 Å². The first-order valence-corrected chi connectivity index (χ1v) is 9.14. The van der Waals surface area contributed by atoms with E-state index in [4.69, 9.17) is 17.0 Å². The van der Waals surface area contributed by atoms with Crippen LogP contribution in [-0.4, -0.2) is 27.6 Å². The lowest BCUT2D eigenvalue weighted by atomic mass is 10.1. The molecular weight excluding hydrogens is 402 g/mol. The van der Waals surface area contributed by atoms with E-state index < -0.39 is 10.8 Å². The molecule has 8 nitrogen and oxygen atoms in total. The monoisotopic (exact) mass is 413 g/mol. The van der Waals surface area contributed by atoms with Crippen LogP contribution in [0.25, 0.3) is 11.3 Å². The van der Waals surface area contributed by atoms with Crippen LogP contribution in [-0.2, 0) is 4.79 Å². The Kier molecular flexibility index (Phi) is 4.28. The van der Waals surface area contributed by atoms with Crippen LogP contribution in [0.3, 0.4) is 0 Å². The van der Waals surface area contributed by atoms with Crippen LogP contribution in [0, 0.1) is 14.1 Å². The van der Waals surface area contributed by atoms with Crippen LogP contribution < -0.4 is 15.3 Å². The number of aromatic nitrogens is 1. The van der Waals surface area contributed by atoms with E-state index in [2.05, 4.69) is 4.99 Å². The van der Waals surface area contributed by atoms with Crippen molar-refractivity contribution in [2.75, 3.05) is 7.11 Å². The lowest BCUT2D eigenvalue weighted by Gasteiger charge is -2.06. The minimum absolute atomic E-state index is 0.0968. The van der Waals surface area contributed by atoms with Crippen LogP contribution in [0.4, 0.5) is 5.69 Å². The number of benzene rings is 2. The maximum absolute atomic E-state index is 12.5. The predicted octanol–water partition coefficient (Wildman–Crippen LogP) is 2.25. The average Bonchev–Trinajstić information content (AvgIpc) is 3.15. The van der Waals surface area contributed by atoms with Crippen molar-refractivity contribution in [3.05, 3.63) is 72.0 Å². The molecule has 1 aliphatic heterocycles. The summed E-state index contributed by atoms with van der Waals surface area (Å²) in [5, 5.41) is 22.5. The van der Waals surface area contributed by atoms with Gasteiger partial charge in [-0.2, -0.15) is 0 Å². The third-order valence-corrected chi connectivity index (χ3v) is 5.62. The highest BCUT2D eigenvalue weighted by atomic mass is 32.1. The van der Waals surface area contributed by atoms with E-state index in [1.54, 1.807) is 31.4 Å². The molecule has 0 spiro atoms. The molecule has 3 aromatic rings. The van der Waals surface area contributed by atoms with E-state index in [-0.39, 0.29) is 22.0 Å². The number of rotatable bonds is 4. The van der Waals surface area contributed by atoms with Crippen LogP contribution in [0.1, 0.15) is 4.88 Å². The number of hydrogen-bond acceptors (Lipinski definition) is 7. The molecule has 0 saturated carbocycles. The number of nitro benzene ring substituents is 1. The molecule has 1 N–H and O–H groups in total. The fraction of sp³-hybridized carbons (Fsp3) is 0.0556. The Morgan fingerprint density at radius 1 is 1.25 bits per heavy atom. The molecule has 0 unspecified atom stereocenters. The highest BCUT2D eigenvalue weighted by Crippen LogP contribution is 2.35. The van der Waals surface area contributed by atoms with Crippen molar-refractivity contribution in [3.8, 4) is 17.3 Å². The van der Waals surface area contributed by atoms with Crippen molar-refractivity contribution >= 4 is 40.7 Å². The molecular formula is C18H11N3O5S2. The fourth-order valence-electron chi connectivity index (χ4n) is 2.92. The summed E-state index contributed by atoms with van der Waals surface area (Å²) >= 11 is 6.40. The number of methoxy groups -OCH3 is 1. The molecule has 2 heterocycles. The van der Waals surface area contributed by atoms with E-state index in [1.807, 2.05) is 0 Å². The molecule has 1 amide bonds. The Hall–Kier alpha value is -3.37. The number of aromatic hydroxyl groups is 1. The standard InChI is InChI=1S/C18H11N3O5S2/c1-26-11-5-2-9(3-6-11)20-17(23)15(28-18(20)27)14-12-8-10(21(24)25)4-7-13(12)19-16(14)22/h2-8,23H,1H3. The minimum Gasteiger partial charge on any atom is -0.497 e. The number of hydrogen-bond donors (Lipinski definition) is 1. The molecule has 0 bridgehead atoms.